The second kappa shape index (κ2) is 28.6. The van der Waals surface area contributed by atoms with Gasteiger partial charge in [0.25, 0.3) is 0 Å². The van der Waals surface area contributed by atoms with Crippen molar-refractivity contribution in [3.63, 3.8) is 0 Å². The average Bonchev–Trinajstić information content (AvgIpc) is 3.32. The third-order valence-electron chi connectivity index (χ3n) is 12.1. The molecule has 69 heavy (non-hydrogen) atoms. The highest BCUT2D eigenvalue weighted by Crippen LogP contribution is 2.31. The molecule has 27 nitrogen and oxygen atoms in total. The number of hydrogen-bond acceptors (Lipinski definition) is 25. The van der Waals surface area contributed by atoms with Crippen LogP contribution < -0.4 is 5.32 Å². The lowest BCUT2D eigenvalue weighted by molar-refractivity contribution is -0.366. The summed E-state index contributed by atoms with van der Waals surface area (Å²) in [5.41, 5.74) is 0. The summed E-state index contributed by atoms with van der Waals surface area (Å²) in [7, 11) is 0. The van der Waals surface area contributed by atoms with Gasteiger partial charge in [-0.05, 0) is 32.6 Å². The minimum atomic E-state index is -1.97. The lowest BCUT2D eigenvalue weighted by Gasteiger charge is -2.46. The summed E-state index contributed by atoms with van der Waals surface area (Å²) in [5, 5.41) is 136. The standard InChI is InChI=1S/C42H72N2O25/c1-3-7-20(47)8-4-5-10-26(50)44(14-21(48)9-6-12-62-39-34(58)31(55)27(51)19(2)65-39)15-25(49)43-11-13-63-41-37(61)38(69-42-36(60)33(57)29(53)23(17-46)67-42)30(54)24(68-41)18-64-40-35(59)32(56)28(52)22(16-45)66-40/h19,22-24,27-42,45-46,51-61H,3-18H2,1-2H3,(H,43,49)/t19-,22+,23+,24+,27+,28+,29+,30+,31+,32-,33-,34-,35-,36-,37-,38-,39+,40-,41-,42+/m0/s1. The van der Waals surface area contributed by atoms with Gasteiger partial charge in [0.1, 0.15) is 97.3 Å². The van der Waals surface area contributed by atoms with E-state index in [9.17, 15) is 85.6 Å². The molecule has 27 heteroatoms. The Hall–Kier alpha value is -2.56. The molecule has 20 atom stereocenters. The van der Waals surface area contributed by atoms with Crippen molar-refractivity contribution in [2.45, 2.75) is 188 Å². The van der Waals surface area contributed by atoms with Crippen LogP contribution >= 0.6 is 0 Å². The van der Waals surface area contributed by atoms with Gasteiger partial charge in [-0.3, -0.25) is 19.2 Å². The Morgan fingerprint density at radius 3 is 1.67 bits per heavy atom. The molecule has 0 saturated carbocycles. The van der Waals surface area contributed by atoms with Crippen molar-refractivity contribution in [2.75, 3.05) is 52.7 Å². The molecule has 0 spiro atoms. The number of nitrogens with zero attached hydrogens (tertiary/aromatic N) is 1. The van der Waals surface area contributed by atoms with Crippen LogP contribution in [0.2, 0.25) is 0 Å². The fraction of sp³-hybridized carbons (Fsp3) is 0.905. The number of hydrogen-bond donors (Lipinski definition) is 14. The van der Waals surface area contributed by atoms with Crippen LogP contribution in [-0.4, -0.2) is 270 Å². The van der Waals surface area contributed by atoms with Gasteiger partial charge < -0.3 is 114 Å². The second-order valence-corrected chi connectivity index (χ2v) is 17.5. The fourth-order valence-electron chi connectivity index (χ4n) is 7.97. The molecular formula is C42H72N2O25. The Bertz CT molecular complexity index is 1580. The van der Waals surface area contributed by atoms with Gasteiger partial charge in [-0.2, -0.15) is 0 Å². The molecule has 2 amide bonds. The SMILES string of the molecule is CCCC(=O)CCCCC(=O)N(CC(=O)CCCO[C@@H]1O[C@@H](C)[C@@H](O)[C@@H](O)[C@@H]1O)CC(=O)NCCO[C@H]1O[C@H](CO[C@H]2O[C@H](CO)[C@@H](O)[C@H](O)[C@@H]2O)[C@@H](O)[C@H](O[C@H]2O[C@H](CO)[C@@H](O)[C@H](O)[C@@H]2O)[C@@H]1O. The molecule has 0 radical (unpaired) electrons. The summed E-state index contributed by atoms with van der Waals surface area (Å²) in [5.74, 6) is -1.70. The van der Waals surface area contributed by atoms with E-state index in [0.717, 1.165) is 4.90 Å². The van der Waals surface area contributed by atoms with Gasteiger partial charge in [0.2, 0.25) is 11.8 Å². The number of rotatable bonds is 27. The van der Waals surface area contributed by atoms with Crippen molar-refractivity contribution >= 4 is 23.4 Å². The molecule has 4 heterocycles. The monoisotopic (exact) mass is 1000 g/mol. The first-order valence-corrected chi connectivity index (χ1v) is 23.1. The van der Waals surface area contributed by atoms with E-state index in [0.29, 0.717) is 25.7 Å². The molecule has 0 unspecified atom stereocenters. The number of unbranched alkanes of at least 4 members (excludes halogenated alkanes) is 1. The number of ketones is 2. The molecule has 4 aliphatic heterocycles. The predicted octanol–water partition coefficient (Wildman–Crippen LogP) is -7.48. The third-order valence-corrected chi connectivity index (χ3v) is 12.1. The van der Waals surface area contributed by atoms with Gasteiger partial charge in [0, 0.05) is 32.2 Å². The van der Waals surface area contributed by atoms with E-state index >= 15 is 0 Å². The van der Waals surface area contributed by atoms with Crippen LogP contribution in [0.1, 0.15) is 65.2 Å². The van der Waals surface area contributed by atoms with Crippen molar-refractivity contribution in [1.29, 1.82) is 0 Å². The normalized spacial score (nSPS) is 38.4. The lowest BCUT2D eigenvalue weighted by atomic mass is 9.96. The topological polar surface area (TPSA) is 420 Å². The number of amides is 2. The van der Waals surface area contributed by atoms with E-state index < -0.39 is 180 Å². The van der Waals surface area contributed by atoms with Gasteiger partial charge in [0.05, 0.1) is 52.2 Å². The van der Waals surface area contributed by atoms with Gasteiger partial charge in [-0.25, -0.2) is 0 Å². The maximum absolute atomic E-state index is 13.3. The highest BCUT2D eigenvalue weighted by Gasteiger charge is 2.52. The van der Waals surface area contributed by atoms with E-state index in [1.807, 2.05) is 6.92 Å². The van der Waals surface area contributed by atoms with Crippen LogP contribution in [0, 0.1) is 0 Å². The summed E-state index contributed by atoms with van der Waals surface area (Å²) >= 11 is 0. The van der Waals surface area contributed by atoms with E-state index in [-0.39, 0.29) is 44.6 Å². The fourth-order valence-corrected chi connectivity index (χ4v) is 7.97. The van der Waals surface area contributed by atoms with E-state index in [1.165, 1.54) is 6.92 Å². The van der Waals surface area contributed by atoms with Crippen molar-refractivity contribution in [1.82, 2.24) is 10.2 Å². The highest BCUT2D eigenvalue weighted by molar-refractivity contribution is 5.89. The first kappa shape index (κ1) is 59.0. The molecule has 0 aromatic heterocycles. The first-order valence-electron chi connectivity index (χ1n) is 23.1. The number of aliphatic hydroxyl groups excluding tert-OH is 13. The van der Waals surface area contributed by atoms with Crippen LogP contribution in [-0.2, 0) is 57.1 Å². The molecular weight excluding hydrogens is 932 g/mol. The maximum atomic E-state index is 13.3. The van der Waals surface area contributed by atoms with Crippen LogP contribution in [0.3, 0.4) is 0 Å². The zero-order valence-electron chi connectivity index (χ0n) is 38.5. The number of carbonyl (C=O) groups excluding carboxylic acids is 4. The molecule has 400 valence electrons. The van der Waals surface area contributed by atoms with Gasteiger partial charge >= 0.3 is 0 Å². The highest BCUT2D eigenvalue weighted by atomic mass is 16.8. The maximum Gasteiger partial charge on any atom is 0.239 e. The molecule has 4 rings (SSSR count). The van der Waals surface area contributed by atoms with Crippen molar-refractivity contribution in [2.24, 2.45) is 0 Å². The molecule has 0 aromatic rings. The van der Waals surface area contributed by atoms with Crippen LogP contribution in [0.5, 0.6) is 0 Å². The van der Waals surface area contributed by atoms with Crippen molar-refractivity contribution in [3.05, 3.63) is 0 Å². The largest absolute Gasteiger partial charge is 0.394 e. The molecule has 4 aliphatic rings. The smallest absolute Gasteiger partial charge is 0.239 e. The van der Waals surface area contributed by atoms with Gasteiger partial charge in [-0.15, -0.1) is 0 Å². The van der Waals surface area contributed by atoms with Gasteiger partial charge in [-0.1, -0.05) is 6.92 Å². The van der Waals surface area contributed by atoms with Gasteiger partial charge in [0.15, 0.2) is 30.9 Å². The minimum absolute atomic E-state index is 0.0446. The van der Waals surface area contributed by atoms with Crippen molar-refractivity contribution < 1.29 is 123 Å². The molecule has 4 fully saturated rings. The summed E-state index contributed by atoms with van der Waals surface area (Å²) < 4.78 is 44.2. The Morgan fingerprint density at radius 1 is 0.522 bits per heavy atom. The number of ether oxygens (including phenoxy) is 8. The summed E-state index contributed by atoms with van der Waals surface area (Å²) in [6.07, 6.45) is -30.9. The van der Waals surface area contributed by atoms with E-state index in [2.05, 4.69) is 5.32 Å². The predicted molar refractivity (Wildman–Crippen MR) is 226 cm³/mol. The Morgan fingerprint density at radius 2 is 1.04 bits per heavy atom. The van der Waals surface area contributed by atoms with Crippen LogP contribution in [0.15, 0.2) is 0 Å². The summed E-state index contributed by atoms with van der Waals surface area (Å²) in [6, 6.07) is 0. The average molecular weight is 1010 g/mol. The first-order chi connectivity index (χ1) is 32.7. The number of nitrogens with one attached hydrogen (secondary N) is 1. The van der Waals surface area contributed by atoms with E-state index in [1.54, 1.807) is 0 Å². The molecule has 14 N–H and O–H groups in total. The molecule has 0 aliphatic carbocycles. The Kier molecular flexibility index (Phi) is 24.5. The minimum Gasteiger partial charge on any atom is -0.394 e. The zero-order valence-corrected chi connectivity index (χ0v) is 38.5. The zero-order chi connectivity index (χ0) is 51.1. The van der Waals surface area contributed by atoms with Crippen LogP contribution in [0.4, 0.5) is 0 Å². The number of Topliss-reactive ketones (excluding diaryl/α,β-unsaturated/α-hetero) is 2. The molecule has 0 bridgehead atoms. The quantitative estimate of drug-likeness (QED) is 0.0340. The number of aliphatic hydroxyl groups is 13. The second-order valence-electron chi connectivity index (χ2n) is 17.5. The van der Waals surface area contributed by atoms with E-state index in [4.69, 9.17) is 37.9 Å². The third kappa shape index (κ3) is 16.5. The van der Waals surface area contributed by atoms with Crippen molar-refractivity contribution in [3.8, 4) is 0 Å². The Balaban J connectivity index is 1.37. The summed E-state index contributed by atoms with van der Waals surface area (Å²) in [6.45, 7) is -0.869. The molecule has 4 saturated heterocycles. The summed E-state index contributed by atoms with van der Waals surface area (Å²) in [4.78, 5) is 52.6. The number of carbonyl (C=O) groups is 4. The molecule has 0 aromatic carbocycles. The Labute approximate surface area is 397 Å². The van der Waals surface area contributed by atoms with Crippen LogP contribution in [0.25, 0.3) is 0 Å². The lowest BCUT2D eigenvalue weighted by Crippen LogP contribution is -2.65.